The first-order chi connectivity index (χ1) is 14.4. The number of nitrogens with one attached hydrogen (secondary N) is 2. The Labute approximate surface area is 182 Å². The minimum atomic E-state index is -0.632. The van der Waals surface area contributed by atoms with Crippen molar-refractivity contribution in [3.63, 3.8) is 0 Å². The Balaban J connectivity index is 1.79. The Hall–Kier alpha value is -2.71. The van der Waals surface area contributed by atoms with Crippen LogP contribution in [-0.4, -0.2) is 28.6 Å². The zero-order valence-corrected chi connectivity index (χ0v) is 18.2. The van der Waals surface area contributed by atoms with Crippen molar-refractivity contribution < 1.29 is 9.59 Å². The van der Waals surface area contributed by atoms with E-state index in [1.807, 2.05) is 6.92 Å². The topological polar surface area (TPSA) is 93.1 Å². The van der Waals surface area contributed by atoms with Gasteiger partial charge in [0.15, 0.2) is 5.69 Å². The highest BCUT2D eigenvalue weighted by Crippen LogP contribution is 2.38. The van der Waals surface area contributed by atoms with Crippen LogP contribution in [0.1, 0.15) is 51.1 Å². The van der Waals surface area contributed by atoms with Crippen molar-refractivity contribution in [1.29, 1.82) is 0 Å². The third-order valence-electron chi connectivity index (χ3n) is 5.28. The molecule has 1 aliphatic carbocycles. The predicted molar refractivity (Wildman–Crippen MR) is 119 cm³/mol. The van der Waals surface area contributed by atoms with Gasteiger partial charge in [-0.15, -0.1) is 11.3 Å². The molecule has 0 saturated heterocycles. The van der Waals surface area contributed by atoms with E-state index in [4.69, 9.17) is 11.6 Å². The van der Waals surface area contributed by atoms with Gasteiger partial charge in [-0.3, -0.25) is 19.1 Å². The highest BCUT2D eigenvalue weighted by atomic mass is 35.5. The molecule has 7 nitrogen and oxygen atoms in total. The summed E-state index contributed by atoms with van der Waals surface area (Å²) in [5.41, 5.74) is 1.38. The standard InChI is InChI=1S/C21H21ClN4O3S/c1-3-26-14-9-8-11(22)10-13(14)18(27)17(25-26)20(29)24-21-16(19(28)23-2)12-6-4-5-7-15(12)30-21/h8-10H,3-7H2,1-2H3,(H,23,28)(H,24,29). The lowest BCUT2D eigenvalue weighted by atomic mass is 9.95. The summed E-state index contributed by atoms with van der Waals surface area (Å²) >= 11 is 7.47. The van der Waals surface area contributed by atoms with E-state index < -0.39 is 11.3 Å². The molecule has 1 aliphatic rings. The predicted octanol–water partition coefficient (Wildman–Crippen LogP) is 3.62. The molecule has 9 heteroatoms. The van der Waals surface area contributed by atoms with E-state index in [9.17, 15) is 14.4 Å². The second kappa shape index (κ2) is 8.20. The third kappa shape index (κ3) is 3.50. The molecule has 156 valence electrons. The molecule has 3 aromatic rings. The number of nitrogens with zero attached hydrogens (tertiary/aromatic N) is 2. The maximum absolute atomic E-state index is 13.1. The zero-order valence-electron chi connectivity index (χ0n) is 16.7. The molecule has 2 N–H and O–H groups in total. The molecule has 0 atom stereocenters. The minimum Gasteiger partial charge on any atom is -0.355 e. The monoisotopic (exact) mass is 444 g/mol. The molecule has 2 amide bonds. The van der Waals surface area contributed by atoms with Crippen LogP contribution in [-0.2, 0) is 19.4 Å². The van der Waals surface area contributed by atoms with E-state index in [1.54, 1.807) is 29.9 Å². The molecule has 30 heavy (non-hydrogen) atoms. The number of anilines is 1. The van der Waals surface area contributed by atoms with E-state index in [0.29, 0.717) is 33.0 Å². The van der Waals surface area contributed by atoms with E-state index in [1.165, 1.54) is 11.3 Å². The van der Waals surface area contributed by atoms with Crippen LogP contribution in [0.25, 0.3) is 10.9 Å². The van der Waals surface area contributed by atoms with Crippen LogP contribution in [0.5, 0.6) is 0 Å². The molecule has 0 unspecified atom stereocenters. The van der Waals surface area contributed by atoms with Gasteiger partial charge in [-0.05, 0) is 56.4 Å². The molecular formula is C21H21ClN4O3S. The third-order valence-corrected chi connectivity index (χ3v) is 6.73. The molecule has 0 fully saturated rings. The van der Waals surface area contributed by atoms with Crippen molar-refractivity contribution >= 4 is 50.7 Å². The first-order valence-corrected chi connectivity index (χ1v) is 11.0. The Morgan fingerprint density at radius 1 is 1.23 bits per heavy atom. The van der Waals surface area contributed by atoms with Gasteiger partial charge < -0.3 is 10.6 Å². The lowest BCUT2D eigenvalue weighted by molar-refractivity contribution is 0.0963. The molecule has 0 radical (unpaired) electrons. The molecular weight excluding hydrogens is 424 g/mol. The molecule has 0 aliphatic heterocycles. The number of hydrogen-bond donors (Lipinski definition) is 2. The van der Waals surface area contributed by atoms with E-state index in [2.05, 4.69) is 15.7 Å². The average molecular weight is 445 g/mol. The van der Waals surface area contributed by atoms with Crippen molar-refractivity contribution in [2.45, 2.75) is 39.2 Å². The Kier molecular flexibility index (Phi) is 5.62. The minimum absolute atomic E-state index is 0.221. The number of rotatable bonds is 4. The maximum Gasteiger partial charge on any atom is 0.280 e. The number of aromatic nitrogens is 2. The van der Waals surface area contributed by atoms with Crippen LogP contribution >= 0.6 is 22.9 Å². The molecule has 4 rings (SSSR count). The molecule has 0 spiro atoms. The molecule has 1 aromatic carbocycles. The smallest absolute Gasteiger partial charge is 0.280 e. The van der Waals surface area contributed by atoms with Gasteiger partial charge in [-0.2, -0.15) is 5.10 Å². The number of hydrogen-bond acceptors (Lipinski definition) is 5. The van der Waals surface area contributed by atoms with Gasteiger partial charge in [0.25, 0.3) is 11.8 Å². The van der Waals surface area contributed by atoms with Gasteiger partial charge >= 0.3 is 0 Å². The van der Waals surface area contributed by atoms with Gasteiger partial charge in [-0.1, -0.05) is 11.6 Å². The zero-order chi connectivity index (χ0) is 21.4. The average Bonchev–Trinajstić information content (AvgIpc) is 3.11. The summed E-state index contributed by atoms with van der Waals surface area (Å²) in [6.07, 6.45) is 3.76. The van der Waals surface area contributed by atoms with Crippen molar-refractivity contribution in [2.24, 2.45) is 0 Å². The second-order valence-electron chi connectivity index (χ2n) is 7.10. The van der Waals surface area contributed by atoms with Crippen LogP contribution in [0, 0.1) is 0 Å². The molecule has 2 heterocycles. The lowest BCUT2D eigenvalue weighted by Crippen LogP contribution is -2.28. The van der Waals surface area contributed by atoms with Crippen molar-refractivity contribution in [3.8, 4) is 0 Å². The largest absolute Gasteiger partial charge is 0.355 e. The molecule has 0 saturated carbocycles. The van der Waals surface area contributed by atoms with Crippen molar-refractivity contribution in [1.82, 2.24) is 15.1 Å². The van der Waals surface area contributed by atoms with Crippen LogP contribution in [0.4, 0.5) is 5.00 Å². The SMILES string of the molecule is CCn1nc(C(=O)Nc2sc3c(c2C(=O)NC)CCCC3)c(=O)c2cc(Cl)ccc21. The normalized spacial score (nSPS) is 13.2. The Bertz CT molecular complexity index is 1230. The van der Waals surface area contributed by atoms with Crippen molar-refractivity contribution in [2.75, 3.05) is 12.4 Å². The van der Waals surface area contributed by atoms with E-state index in [-0.39, 0.29) is 11.6 Å². The summed E-state index contributed by atoms with van der Waals surface area (Å²) in [4.78, 5) is 39.7. The molecule has 0 bridgehead atoms. The first-order valence-electron chi connectivity index (χ1n) is 9.83. The number of carbonyl (C=O) groups excluding carboxylic acids is 2. The van der Waals surface area contributed by atoms with E-state index in [0.717, 1.165) is 36.1 Å². The number of halogens is 1. The number of carbonyl (C=O) groups is 2. The van der Waals surface area contributed by atoms with Gasteiger partial charge in [0, 0.05) is 23.5 Å². The summed E-state index contributed by atoms with van der Waals surface area (Å²) < 4.78 is 1.60. The maximum atomic E-state index is 13.1. The number of thiophene rings is 1. The number of benzene rings is 1. The molecule has 2 aromatic heterocycles. The second-order valence-corrected chi connectivity index (χ2v) is 8.64. The fourth-order valence-electron chi connectivity index (χ4n) is 3.83. The Morgan fingerprint density at radius 3 is 2.73 bits per heavy atom. The van der Waals surface area contributed by atoms with Gasteiger partial charge in [0.1, 0.15) is 5.00 Å². The van der Waals surface area contributed by atoms with Gasteiger partial charge in [0.2, 0.25) is 5.43 Å². The number of aryl methyl sites for hydroxylation is 2. The first kappa shape index (κ1) is 20.6. The van der Waals surface area contributed by atoms with Gasteiger partial charge in [0.05, 0.1) is 16.5 Å². The number of fused-ring (bicyclic) bond motifs is 2. The van der Waals surface area contributed by atoms with Crippen LogP contribution in [0.15, 0.2) is 23.0 Å². The lowest BCUT2D eigenvalue weighted by Gasteiger charge is -2.12. The fraction of sp³-hybridized carbons (Fsp3) is 0.333. The summed E-state index contributed by atoms with van der Waals surface area (Å²) in [6.45, 7) is 2.36. The Morgan fingerprint density at radius 2 is 2.00 bits per heavy atom. The van der Waals surface area contributed by atoms with E-state index >= 15 is 0 Å². The number of amides is 2. The van der Waals surface area contributed by atoms with Crippen LogP contribution in [0.2, 0.25) is 5.02 Å². The van der Waals surface area contributed by atoms with Crippen LogP contribution < -0.4 is 16.1 Å². The fourth-order valence-corrected chi connectivity index (χ4v) is 5.29. The summed E-state index contributed by atoms with van der Waals surface area (Å²) in [7, 11) is 1.56. The van der Waals surface area contributed by atoms with Gasteiger partial charge in [-0.25, -0.2) is 0 Å². The summed E-state index contributed by atoms with van der Waals surface area (Å²) in [5.74, 6) is -0.873. The highest BCUT2D eigenvalue weighted by molar-refractivity contribution is 7.17. The quantitative estimate of drug-likeness (QED) is 0.642. The summed E-state index contributed by atoms with van der Waals surface area (Å²) in [5, 5.41) is 10.9. The highest BCUT2D eigenvalue weighted by Gasteiger charge is 2.27. The summed E-state index contributed by atoms with van der Waals surface area (Å²) in [6, 6.07) is 4.95. The van der Waals surface area contributed by atoms with Crippen molar-refractivity contribution in [3.05, 3.63) is 55.1 Å². The van der Waals surface area contributed by atoms with Crippen LogP contribution in [0.3, 0.4) is 0 Å².